The molecule has 1 aliphatic heterocycles. The minimum atomic E-state index is -1.07. The van der Waals surface area contributed by atoms with Crippen LogP contribution in [0.15, 0.2) is 59.8 Å². The Bertz CT molecular complexity index is 984. The monoisotopic (exact) mass is 400 g/mol. The zero-order valence-electron chi connectivity index (χ0n) is 15.1. The number of hydrogen-bond acceptors (Lipinski definition) is 4. The number of urea groups is 1. The fourth-order valence-corrected chi connectivity index (χ4v) is 3.37. The van der Waals surface area contributed by atoms with Crippen molar-refractivity contribution in [3.8, 4) is 0 Å². The third-order valence-electron chi connectivity index (χ3n) is 4.48. The van der Waals surface area contributed by atoms with E-state index in [4.69, 9.17) is 21.4 Å². The zero-order valence-corrected chi connectivity index (χ0v) is 15.9. The van der Waals surface area contributed by atoms with Crippen LogP contribution in [0.3, 0.4) is 0 Å². The number of carbonyl (C=O) groups is 3. The van der Waals surface area contributed by atoms with Crippen molar-refractivity contribution in [1.29, 1.82) is 0 Å². The summed E-state index contributed by atoms with van der Waals surface area (Å²) in [6.07, 6.45) is 0. The first-order valence-electron chi connectivity index (χ1n) is 8.32. The summed E-state index contributed by atoms with van der Waals surface area (Å²) in [4.78, 5) is 37.7. The summed E-state index contributed by atoms with van der Waals surface area (Å²) < 4.78 is 4.93. The highest BCUT2D eigenvalue weighted by atomic mass is 35.5. The van der Waals surface area contributed by atoms with Crippen molar-refractivity contribution in [1.82, 2.24) is 5.32 Å². The number of allylic oxidation sites excluding steroid dienone is 1. The lowest BCUT2D eigenvalue weighted by Gasteiger charge is -2.35. The molecule has 0 saturated carbocycles. The zero-order chi connectivity index (χ0) is 20.4. The van der Waals surface area contributed by atoms with E-state index in [0.29, 0.717) is 22.0 Å². The predicted octanol–water partition coefficient (Wildman–Crippen LogP) is 3.76. The van der Waals surface area contributed by atoms with Gasteiger partial charge in [0.15, 0.2) is 0 Å². The second-order valence-electron chi connectivity index (χ2n) is 6.08. The summed E-state index contributed by atoms with van der Waals surface area (Å²) in [5.74, 6) is -1.68. The van der Waals surface area contributed by atoms with E-state index in [1.54, 1.807) is 31.2 Å². The molecule has 0 fully saturated rings. The maximum atomic E-state index is 12.8. The van der Waals surface area contributed by atoms with Crippen LogP contribution in [-0.2, 0) is 9.53 Å². The van der Waals surface area contributed by atoms with E-state index in [-0.39, 0.29) is 11.1 Å². The lowest BCUT2D eigenvalue weighted by atomic mass is 9.94. The van der Waals surface area contributed by atoms with Gasteiger partial charge in [-0.3, -0.25) is 4.90 Å². The van der Waals surface area contributed by atoms with Crippen molar-refractivity contribution in [3.63, 3.8) is 0 Å². The molecule has 0 spiro atoms. The normalized spacial score (nSPS) is 16.6. The number of nitrogens with zero attached hydrogens (tertiary/aromatic N) is 1. The Kier molecular flexibility index (Phi) is 5.37. The Hall–Kier alpha value is -3.32. The second-order valence-corrected chi connectivity index (χ2v) is 6.49. The highest BCUT2D eigenvalue weighted by Gasteiger charge is 2.37. The number of aromatic carboxylic acids is 1. The van der Waals surface area contributed by atoms with Gasteiger partial charge in [-0.05, 0) is 42.8 Å². The van der Waals surface area contributed by atoms with Gasteiger partial charge in [0, 0.05) is 10.7 Å². The molecule has 0 saturated heterocycles. The number of nitrogens with one attached hydrogen (secondary N) is 1. The van der Waals surface area contributed by atoms with Crippen LogP contribution in [0.25, 0.3) is 0 Å². The number of esters is 1. The molecule has 0 bridgehead atoms. The summed E-state index contributed by atoms with van der Waals surface area (Å²) >= 11 is 6.27. The number of carbonyl (C=O) groups excluding carboxylic acids is 2. The summed E-state index contributed by atoms with van der Waals surface area (Å²) in [5, 5.41) is 12.2. The molecule has 2 N–H and O–H groups in total. The first-order chi connectivity index (χ1) is 13.3. The second kappa shape index (κ2) is 7.74. The number of hydrogen-bond donors (Lipinski definition) is 2. The molecule has 144 valence electrons. The van der Waals surface area contributed by atoms with Crippen LogP contribution >= 0.6 is 11.6 Å². The van der Waals surface area contributed by atoms with Crippen molar-refractivity contribution >= 4 is 35.3 Å². The van der Waals surface area contributed by atoms with E-state index in [1.165, 1.54) is 36.3 Å². The molecule has 3 rings (SSSR count). The average molecular weight is 401 g/mol. The number of rotatable bonds is 4. The molecule has 2 amide bonds. The van der Waals surface area contributed by atoms with Crippen LogP contribution in [0.1, 0.15) is 28.9 Å². The fourth-order valence-electron chi connectivity index (χ4n) is 3.12. The molecule has 0 aliphatic carbocycles. The standard InChI is InChI=1S/C20H17ClN2O5/c1-11-16(19(26)28-2)17(14-5-3-4-6-15(14)21)22-20(27)23(11)13-9-7-12(8-10-13)18(24)25/h3-10,17H,1-2H3,(H,22,27)(H,24,25)/t17-/m0/s1. The van der Waals surface area contributed by atoms with Gasteiger partial charge in [0.1, 0.15) is 0 Å². The Balaban J connectivity index is 2.12. The Morgan fingerprint density at radius 3 is 2.36 bits per heavy atom. The van der Waals surface area contributed by atoms with Gasteiger partial charge in [-0.15, -0.1) is 0 Å². The highest BCUT2D eigenvalue weighted by molar-refractivity contribution is 6.31. The van der Waals surface area contributed by atoms with Gasteiger partial charge in [-0.2, -0.15) is 0 Å². The molecule has 1 atom stereocenters. The van der Waals surface area contributed by atoms with Gasteiger partial charge in [0.25, 0.3) is 0 Å². The van der Waals surface area contributed by atoms with Crippen LogP contribution in [0.4, 0.5) is 10.5 Å². The minimum Gasteiger partial charge on any atom is -0.478 e. The van der Waals surface area contributed by atoms with Gasteiger partial charge < -0.3 is 15.2 Å². The van der Waals surface area contributed by atoms with E-state index < -0.39 is 24.0 Å². The number of anilines is 1. The predicted molar refractivity (Wildman–Crippen MR) is 103 cm³/mol. The molecule has 1 aliphatic rings. The molecular weight excluding hydrogens is 384 g/mol. The molecule has 2 aromatic rings. The van der Waals surface area contributed by atoms with Crippen LogP contribution in [0, 0.1) is 0 Å². The van der Waals surface area contributed by atoms with Crippen molar-refractivity contribution in [2.75, 3.05) is 12.0 Å². The number of carboxylic acid groups (broad SMARTS) is 1. The van der Waals surface area contributed by atoms with Crippen molar-refractivity contribution in [3.05, 3.63) is 76.0 Å². The number of ether oxygens (including phenoxy) is 1. The molecule has 1 heterocycles. The molecule has 7 nitrogen and oxygen atoms in total. The third kappa shape index (κ3) is 3.44. The quantitative estimate of drug-likeness (QED) is 0.762. The van der Waals surface area contributed by atoms with Crippen LogP contribution in [0.5, 0.6) is 0 Å². The molecule has 2 aromatic carbocycles. The van der Waals surface area contributed by atoms with Crippen molar-refractivity contribution in [2.45, 2.75) is 13.0 Å². The summed E-state index contributed by atoms with van der Waals surface area (Å²) in [6, 6.07) is 11.4. The summed E-state index contributed by atoms with van der Waals surface area (Å²) in [5.41, 5.74) is 1.67. The number of carboxylic acids is 1. The Labute approximate surface area is 166 Å². The van der Waals surface area contributed by atoms with E-state index in [1.807, 2.05) is 0 Å². The van der Waals surface area contributed by atoms with E-state index in [2.05, 4.69) is 5.32 Å². The number of amides is 2. The lowest BCUT2D eigenvalue weighted by molar-refractivity contribution is -0.136. The fraction of sp³-hybridized carbons (Fsp3) is 0.150. The van der Waals surface area contributed by atoms with Crippen molar-refractivity contribution < 1.29 is 24.2 Å². The molecule has 0 unspecified atom stereocenters. The van der Waals surface area contributed by atoms with Crippen molar-refractivity contribution in [2.24, 2.45) is 0 Å². The smallest absolute Gasteiger partial charge is 0.337 e. The maximum Gasteiger partial charge on any atom is 0.337 e. The SMILES string of the molecule is COC(=O)C1=C(C)N(c2ccc(C(=O)O)cc2)C(=O)N[C@H]1c1ccccc1Cl. The number of methoxy groups -OCH3 is 1. The van der Waals surface area contributed by atoms with Crippen LogP contribution < -0.4 is 10.2 Å². The first-order valence-corrected chi connectivity index (χ1v) is 8.70. The topological polar surface area (TPSA) is 95.9 Å². The Morgan fingerprint density at radius 1 is 1.14 bits per heavy atom. The highest BCUT2D eigenvalue weighted by Crippen LogP contribution is 2.36. The van der Waals surface area contributed by atoms with Crippen LogP contribution in [0.2, 0.25) is 5.02 Å². The van der Waals surface area contributed by atoms with Crippen LogP contribution in [-0.4, -0.2) is 30.2 Å². The Morgan fingerprint density at radius 2 is 1.79 bits per heavy atom. The van der Waals surface area contributed by atoms with Gasteiger partial charge in [0.05, 0.1) is 30.0 Å². The molecule has 0 radical (unpaired) electrons. The van der Waals surface area contributed by atoms with E-state index >= 15 is 0 Å². The largest absolute Gasteiger partial charge is 0.478 e. The third-order valence-corrected chi connectivity index (χ3v) is 4.82. The lowest BCUT2D eigenvalue weighted by Crippen LogP contribution is -2.48. The molecule has 8 heteroatoms. The number of halogens is 1. The summed E-state index contributed by atoms with van der Waals surface area (Å²) in [7, 11) is 1.26. The minimum absolute atomic E-state index is 0.0879. The molecule has 0 aromatic heterocycles. The molecular formula is C20H17ClN2O5. The summed E-state index contributed by atoms with van der Waals surface area (Å²) in [6.45, 7) is 1.62. The number of benzene rings is 2. The average Bonchev–Trinajstić information content (AvgIpc) is 2.68. The van der Waals surface area contributed by atoms with Gasteiger partial charge in [-0.25, -0.2) is 14.4 Å². The maximum absolute atomic E-state index is 12.8. The van der Waals surface area contributed by atoms with E-state index in [9.17, 15) is 14.4 Å². The van der Waals surface area contributed by atoms with Gasteiger partial charge >= 0.3 is 18.0 Å². The van der Waals surface area contributed by atoms with Gasteiger partial charge in [0.2, 0.25) is 0 Å². The molecule has 28 heavy (non-hydrogen) atoms. The first kappa shape index (κ1) is 19.4. The van der Waals surface area contributed by atoms with Gasteiger partial charge in [-0.1, -0.05) is 29.8 Å². The van der Waals surface area contributed by atoms with E-state index in [0.717, 1.165) is 0 Å².